The third-order valence-electron chi connectivity index (χ3n) is 9.75. The van der Waals surface area contributed by atoms with Crippen molar-refractivity contribution in [1.29, 1.82) is 0 Å². The Morgan fingerprint density at radius 1 is 0.667 bits per heavy atom. The van der Waals surface area contributed by atoms with E-state index in [1.165, 1.54) is 122 Å². The van der Waals surface area contributed by atoms with Crippen LogP contribution in [0.15, 0.2) is 12.2 Å². The third-order valence-corrected chi connectivity index (χ3v) is 10.7. The Labute approximate surface area is 316 Å². The zero-order chi connectivity index (χ0) is 37.9. The number of hydrogen-bond donors (Lipinski definition) is 2. The summed E-state index contributed by atoms with van der Waals surface area (Å²) in [6, 6.07) is -0.799. The first-order chi connectivity index (χ1) is 24.5. The Kier molecular flexibility index (Phi) is 34.5. The number of phosphoric ester groups is 1. The second-order valence-corrected chi connectivity index (χ2v) is 17.5. The van der Waals surface area contributed by atoms with Gasteiger partial charge in [0.05, 0.1) is 39.9 Å². The first-order valence-corrected chi connectivity index (χ1v) is 23.0. The molecule has 0 rings (SSSR count). The quantitative estimate of drug-likeness (QED) is 0.0281. The molecule has 3 unspecified atom stereocenters. The van der Waals surface area contributed by atoms with E-state index < -0.39 is 20.0 Å². The van der Waals surface area contributed by atoms with E-state index in [-0.39, 0.29) is 19.1 Å². The molecule has 0 radical (unpaired) electrons. The van der Waals surface area contributed by atoms with Gasteiger partial charge in [-0.2, -0.15) is 0 Å². The number of amides is 1. The second-order valence-electron chi connectivity index (χ2n) is 16.1. The van der Waals surface area contributed by atoms with Crippen molar-refractivity contribution >= 4 is 13.7 Å². The number of nitrogens with one attached hydrogen (secondary N) is 1. The molecule has 0 aliphatic carbocycles. The van der Waals surface area contributed by atoms with Crippen molar-refractivity contribution in [2.45, 2.75) is 212 Å². The lowest BCUT2D eigenvalue weighted by molar-refractivity contribution is -0.870. The molecule has 0 aromatic rings. The van der Waals surface area contributed by atoms with Gasteiger partial charge in [0.1, 0.15) is 13.2 Å². The van der Waals surface area contributed by atoms with Crippen LogP contribution in [0, 0.1) is 0 Å². The zero-order valence-corrected chi connectivity index (χ0v) is 35.2. The molecule has 3 atom stereocenters. The topological polar surface area (TPSA) is 108 Å². The van der Waals surface area contributed by atoms with Gasteiger partial charge >= 0.3 is 0 Å². The number of unbranched alkanes of at least 4 members (excludes halogenated alkanes) is 24. The zero-order valence-electron chi connectivity index (χ0n) is 34.3. The van der Waals surface area contributed by atoms with E-state index in [1.54, 1.807) is 0 Å². The number of likely N-dealkylation sites (N-methyl/N-ethyl adjacent to an activating group) is 1. The second kappa shape index (κ2) is 35.0. The predicted molar refractivity (Wildman–Crippen MR) is 215 cm³/mol. The van der Waals surface area contributed by atoms with Gasteiger partial charge in [-0.15, -0.1) is 0 Å². The molecule has 9 heteroatoms. The van der Waals surface area contributed by atoms with Crippen LogP contribution in [-0.4, -0.2) is 68.5 Å². The lowest BCUT2D eigenvalue weighted by atomic mass is 10.0. The number of carbonyl (C=O) groups is 1. The summed E-state index contributed by atoms with van der Waals surface area (Å²) in [6.45, 7) is 4.70. The van der Waals surface area contributed by atoms with Crippen molar-refractivity contribution in [3.05, 3.63) is 12.2 Å². The molecule has 0 fully saturated rings. The highest BCUT2D eigenvalue weighted by molar-refractivity contribution is 7.45. The standard InChI is InChI=1S/C42H85N2O6P/c1-6-8-10-12-14-16-18-20-21-22-24-25-27-29-31-33-35-41(45)40(39-50-51(47,48)49-38-37-44(3,4)5)43-42(46)36-34-32-30-28-26-23-19-17-15-13-11-9-7-2/h17,19,40-41,45H,6-16,18,20-39H2,1-5H3,(H-,43,46,47,48)/b19-17-. The van der Waals surface area contributed by atoms with E-state index in [9.17, 15) is 19.4 Å². The molecule has 304 valence electrons. The maximum atomic E-state index is 12.8. The van der Waals surface area contributed by atoms with Gasteiger partial charge in [0.2, 0.25) is 5.91 Å². The van der Waals surface area contributed by atoms with Crippen LogP contribution in [0.3, 0.4) is 0 Å². The maximum Gasteiger partial charge on any atom is 0.268 e. The minimum Gasteiger partial charge on any atom is -0.756 e. The maximum absolute atomic E-state index is 12.8. The molecule has 0 bridgehead atoms. The highest BCUT2D eigenvalue weighted by Gasteiger charge is 2.24. The first-order valence-electron chi connectivity index (χ1n) is 21.5. The summed E-state index contributed by atoms with van der Waals surface area (Å²) in [6.07, 6.45) is 37.8. The number of nitrogens with zero attached hydrogens (tertiary/aromatic N) is 1. The minimum absolute atomic E-state index is 0.0123. The summed E-state index contributed by atoms with van der Waals surface area (Å²) in [4.78, 5) is 25.3. The SMILES string of the molecule is CCCCCC/C=C\CCCCCCCC(=O)NC(COP(=O)([O-])OCC[N+](C)(C)C)C(O)CCCCCCCCCCCCCCCCCC. The summed E-state index contributed by atoms with van der Waals surface area (Å²) in [5, 5.41) is 13.9. The van der Waals surface area contributed by atoms with Crippen molar-refractivity contribution in [3.63, 3.8) is 0 Å². The third kappa shape index (κ3) is 37.4. The molecule has 0 saturated carbocycles. The molecule has 0 spiro atoms. The molecule has 0 heterocycles. The number of aliphatic hydroxyl groups is 1. The van der Waals surface area contributed by atoms with Gasteiger partial charge in [-0.25, -0.2) is 0 Å². The Bertz CT molecular complexity index is 850. The highest BCUT2D eigenvalue weighted by Crippen LogP contribution is 2.38. The fourth-order valence-corrected chi connectivity index (χ4v) is 6.99. The van der Waals surface area contributed by atoms with Crippen LogP contribution in [0.5, 0.6) is 0 Å². The number of phosphoric acid groups is 1. The average molecular weight is 745 g/mol. The van der Waals surface area contributed by atoms with E-state index in [4.69, 9.17) is 9.05 Å². The monoisotopic (exact) mass is 745 g/mol. The average Bonchev–Trinajstić information content (AvgIpc) is 3.07. The van der Waals surface area contributed by atoms with Crippen LogP contribution in [0.2, 0.25) is 0 Å². The van der Waals surface area contributed by atoms with Crippen molar-refractivity contribution < 1.29 is 32.9 Å². The van der Waals surface area contributed by atoms with Crippen LogP contribution in [0.25, 0.3) is 0 Å². The molecule has 1 amide bonds. The van der Waals surface area contributed by atoms with Gasteiger partial charge in [-0.05, 0) is 38.5 Å². The summed E-state index contributed by atoms with van der Waals surface area (Å²) in [7, 11) is 1.30. The molecule has 0 aliphatic rings. The van der Waals surface area contributed by atoms with Crippen molar-refractivity contribution in [2.75, 3.05) is 40.9 Å². The smallest absolute Gasteiger partial charge is 0.268 e. The normalized spacial score (nSPS) is 14.6. The van der Waals surface area contributed by atoms with Gasteiger partial charge in [0.15, 0.2) is 0 Å². The Morgan fingerprint density at radius 2 is 1.08 bits per heavy atom. The van der Waals surface area contributed by atoms with Crippen molar-refractivity contribution in [1.82, 2.24) is 5.32 Å². The summed E-state index contributed by atoms with van der Waals surface area (Å²) in [5.41, 5.74) is 0. The predicted octanol–water partition coefficient (Wildman–Crippen LogP) is 10.9. The van der Waals surface area contributed by atoms with E-state index in [1.807, 2.05) is 21.1 Å². The highest BCUT2D eigenvalue weighted by atomic mass is 31.2. The molecule has 0 aromatic carbocycles. The molecule has 2 N–H and O–H groups in total. The molecule has 0 aliphatic heterocycles. The van der Waals surface area contributed by atoms with Crippen LogP contribution in [-0.2, 0) is 18.4 Å². The number of hydrogen-bond acceptors (Lipinski definition) is 6. The van der Waals surface area contributed by atoms with E-state index in [2.05, 4.69) is 31.3 Å². The lowest BCUT2D eigenvalue weighted by Crippen LogP contribution is -2.46. The summed E-state index contributed by atoms with van der Waals surface area (Å²) in [5.74, 6) is -0.174. The van der Waals surface area contributed by atoms with Crippen molar-refractivity contribution in [2.24, 2.45) is 0 Å². The molecular formula is C42H85N2O6P. The van der Waals surface area contributed by atoms with Crippen LogP contribution in [0.1, 0.15) is 200 Å². The van der Waals surface area contributed by atoms with E-state index in [0.717, 1.165) is 51.4 Å². The molecule has 51 heavy (non-hydrogen) atoms. The number of allylic oxidation sites excluding steroid dienone is 2. The van der Waals surface area contributed by atoms with Gasteiger partial charge in [0, 0.05) is 6.42 Å². The van der Waals surface area contributed by atoms with Gasteiger partial charge in [-0.3, -0.25) is 9.36 Å². The van der Waals surface area contributed by atoms with Crippen LogP contribution >= 0.6 is 7.82 Å². The van der Waals surface area contributed by atoms with E-state index >= 15 is 0 Å². The van der Waals surface area contributed by atoms with Gasteiger partial charge < -0.3 is 28.8 Å². The van der Waals surface area contributed by atoms with Gasteiger partial charge in [-0.1, -0.05) is 167 Å². The van der Waals surface area contributed by atoms with E-state index in [0.29, 0.717) is 23.9 Å². The molecule has 0 saturated heterocycles. The largest absolute Gasteiger partial charge is 0.756 e. The number of aliphatic hydroxyl groups excluding tert-OH is 1. The van der Waals surface area contributed by atoms with Crippen LogP contribution in [0.4, 0.5) is 0 Å². The number of rotatable bonds is 39. The summed E-state index contributed by atoms with van der Waals surface area (Å²) >= 11 is 0. The fraction of sp³-hybridized carbons (Fsp3) is 0.929. The molecule has 0 aromatic heterocycles. The number of carbonyl (C=O) groups excluding carboxylic acids is 1. The molecular weight excluding hydrogens is 659 g/mol. The number of quaternary nitrogens is 1. The van der Waals surface area contributed by atoms with Gasteiger partial charge in [0.25, 0.3) is 7.82 Å². The summed E-state index contributed by atoms with van der Waals surface area (Å²) < 4.78 is 23.2. The Hall–Kier alpha value is -0.760. The minimum atomic E-state index is -4.56. The Morgan fingerprint density at radius 3 is 1.55 bits per heavy atom. The van der Waals surface area contributed by atoms with Crippen molar-refractivity contribution in [3.8, 4) is 0 Å². The first kappa shape index (κ1) is 50.2. The molecule has 8 nitrogen and oxygen atoms in total. The van der Waals surface area contributed by atoms with Crippen LogP contribution < -0.4 is 10.2 Å². The lowest BCUT2D eigenvalue weighted by Gasteiger charge is -2.30. The fourth-order valence-electron chi connectivity index (χ4n) is 6.27. The Balaban J connectivity index is 4.39.